The number of anilines is 1. The summed E-state index contributed by atoms with van der Waals surface area (Å²) in [5.41, 5.74) is 10.0. The lowest BCUT2D eigenvalue weighted by Crippen LogP contribution is -2.40. The average Bonchev–Trinajstić information content (AvgIpc) is 2.81. The highest BCUT2D eigenvalue weighted by Crippen LogP contribution is 2.31. The second kappa shape index (κ2) is 5.12. The lowest BCUT2D eigenvalue weighted by Gasteiger charge is -2.37. The Morgan fingerprint density at radius 1 is 1.37 bits per heavy atom. The summed E-state index contributed by atoms with van der Waals surface area (Å²) in [4.78, 5) is 7.20. The van der Waals surface area contributed by atoms with Gasteiger partial charge in [0.15, 0.2) is 0 Å². The third-order valence-corrected chi connectivity index (χ3v) is 4.50. The van der Waals surface area contributed by atoms with Crippen LogP contribution in [-0.4, -0.2) is 18.1 Å². The molecule has 0 saturated heterocycles. The monoisotopic (exact) mass is 261 g/mol. The first-order valence-corrected chi connectivity index (χ1v) is 7.29. The highest BCUT2D eigenvalue weighted by Gasteiger charge is 2.27. The Morgan fingerprint density at radius 2 is 2.05 bits per heavy atom. The van der Waals surface area contributed by atoms with Crippen LogP contribution in [0.25, 0.3) is 0 Å². The molecule has 106 valence electrons. The molecule has 1 aromatic rings. The summed E-state index contributed by atoms with van der Waals surface area (Å²) < 4.78 is 0. The topological polar surface area (TPSA) is 42.2 Å². The third-order valence-electron chi connectivity index (χ3n) is 4.50. The van der Waals surface area contributed by atoms with E-state index in [1.54, 1.807) is 0 Å². The average molecular weight is 261 g/mol. The first-order valence-electron chi connectivity index (χ1n) is 7.29. The van der Waals surface area contributed by atoms with E-state index in [4.69, 9.17) is 10.7 Å². The number of nitrogens with two attached hydrogens (primary N) is 1. The van der Waals surface area contributed by atoms with E-state index in [1.165, 1.54) is 23.2 Å². The molecule has 0 spiro atoms. The molecule has 1 heterocycles. The summed E-state index contributed by atoms with van der Waals surface area (Å²) in [6, 6.07) is 2.70. The van der Waals surface area contributed by atoms with E-state index in [9.17, 15) is 0 Å². The molecule has 19 heavy (non-hydrogen) atoms. The lowest BCUT2D eigenvalue weighted by molar-refractivity contribution is 0.328. The molecule has 0 saturated carbocycles. The van der Waals surface area contributed by atoms with Crippen LogP contribution in [0.1, 0.15) is 50.9 Å². The van der Waals surface area contributed by atoms with Crippen molar-refractivity contribution in [2.24, 2.45) is 11.1 Å². The minimum absolute atomic E-state index is 0.224. The number of aromatic nitrogens is 1. The van der Waals surface area contributed by atoms with Crippen LogP contribution in [0.3, 0.4) is 0 Å². The van der Waals surface area contributed by atoms with Gasteiger partial charge in [0.2, 0.25) is 0 Å². The predicted molar refractivity (Wildman–Crippen MR) is 81.5 cm³/mol. The van der Waals surface area contributed by atoms with E-state index < -0.39 is 0 Å². The maximum absolute atomic E-state index is 5.93. The van der Waals surface area contributed by atoms with Gasteiger partial charge in [0.05, 0.1) is 0 Å². The van der Waals surface area contributed by atoms with Crippen molar-refractivity contribution in [1.29, 1.82) is 0 Å². The molecule has 1 aliphatic rings. The Labute approximate surface area is 117 Å². The lowest BCUT2D eigenvalue weighted by atomic mass is 9.87. The highest BCUT2D eigenvalue weighted by atomic mass is 15.2. The van der Waals surface area contributed by atoms with Crippen LogP contribution in [0.4, 0.5) is 5.82 Å². The molecule has 1 atom stereocenters. The molecule has 0 radical (unpaired) electrons. The summed E-state index contributed by atoms with van der Waals surface area (Å²) in [7, 11) is 2.14. The minimum atomic E-state index is 0.224. The van der Waals surface area contributed by atoms with Crippen LogP contribution in [0.15, 0.2) is 6.07 Å². The van der Waals surface area contributed by atoms with Crippen LogP contribution < -0.4 is 10.6 Å². The number of nitrogens with zero attached hydrogens (tertiary/aromatic N) is 2. The second-order valence-corrected chi connectivity index (χ2v) is 6.79. The zero-order chi connectivity index (χ0) is 14.2. The van der Waals surface area contributed by atoms with E-state index >= 15 is 0 Å². The van der Waals surface area contributed by atoms with Crippen LogP contribution in [0, 0.1) is 5.41 Å². The Bertz CT molecular complexity index is 460. The molecule has 0 aromatic carbocycles. The normalized spacial score (nSPS) is 16.3. The molecular weight excluding hydrogens is 234 g/mol. The fourth-order valence-electron chi connectivity index (χ4n) is 2.73. The number of aryl methyl sites for hydroxylation is 2. The maximum Gasteiger partial charge on any atom is 0.133 e. The van der Waals surface area contributed by atoms with Crippen molar-refractivity contribution in [3.8, 4) is 0 Å². The second-order valence-electron chi connectivity index (χ2n) is 6.79. The van der Waals surface area contributed by atoms with Gasteiger partial charge in [-0.1, -0.05) is 20.8 Å². The van der Waals surface area contributed by atoms with Gasteiger partial charge in [0.25, 0.3) is 0 Å². The molecule has 1 unspecified atom stereocenters. The summed E-state index contributed by atoms with van der Waals surface area (Å²) in [6.07, 6.45) is 3.51. The third kappa shape index (κ3) is 2.76. The van der Waals surface area contributed by atoms with Crippen molar-refractivity contribution >= 4 is 5.82 Å². The molecule has 1 aromatic heterocycles. The van der Waals surface area contributed by atoms with Crippen LogP contribution in [0.5, 0.6) is 0 Å². The Hall–Kier alpha value is -1.09. The molecule has 0 amide bonds. The van der Waals surface area contributed by atoms with Crippen molar-refractivity contribution < 1.29 is 0 Å². The van der Waals surface area contributed by atoms with E-state index in [-0.39, 0.29) is 5.41 Å². The van der Waals surface area contributed by atoms with E-state index in [0.29, 0.717) is 12.6 Å². The van der Waals surface area contributed by atoms with Gasteiger partial charge < -0.3 is 10.6 Å². The summed E-state index contributed by atoms with van der Waals surface area (Å²) in [6.45, 7) is 9.63. The van der Waals surface area contributed by atoms with Gasteiger partial charge in [-0.05, 0) is 43.2 Å². The van der Waals surface area contributed by atoms with Gasteiger partial charge in [-0.15, -0.1) is 0 Å². The van der Waals surface area contributed by atoms with Crippen molar-refractivity contribution in [3.05, 3.63) is 22.9 Å². The van der Waals surface area contributed by atoms with Crippen LogP contribution in [-0.2, 0) is 19.4 Å². The molecule has 0 aliphatic heterocycles. The number of rotatable bonds is 3. The number of hydrogen-bond donors (Lipinski definition) is 1. The smallest absolute Gasteiger partial charge is 0.133 e. The number of hydrogen-bond acceptors (Lipinski definition) is 3. The van der Waals surface area contributed by atoms with Crippen LogP contribution in [0.2, 0.25) is 0 Å². The van der Waals surface area contributed by atoms with E-state index in [1.807, 2.05) is 0 Å². The minimum Gasteiger partial charge on any atom is -0.356 e. The zero-order valence-corrected chi connectivity index (χ0v) is 13.0. The fourth-order valence-corrected chi connectivity index (χ4v) is 2.73. The van der Waals surface area contributed by atoms with Crippen molar-refractivity contribution in [2.75, 3.05) is 11.9 Å². The van der Waals surface area contributed by atoms with Crippen molar-refractivity contribution in [2.45, 2.75) is 59.5 Å². The molecule has 3 nitrogen and oxygen atoms in total. The zero-order valence-electron chi connectivity index (χ0n) is 13.0. The quantitative estimate of drug-likeness (QED) is 0.909. The van der Waals surface area contributed by atoms with E-state index in [2.05, 4.69) is 45.7 Å². The summed E-state index contributed by atoms with van der Waals surface area (Å²) >= 11 is 0. The van der Waals surface area contributed by atoms with Gasteiger partial charge in [-0.2, -0.15) is 0 Å². The number of fused-ring (bicyclic) bond motifs is 1. The Balaban J connectivity index is 2.38. The first-order chi connectivity index (χ1) is 8.84. The van der Waals surface area contributed by atoms with Gasteiger partial charge in [0, 0.05) is 30.9 Å². The van der Waals surface area contributed by atoms with E-state index in [0.717, 1.165) is 18.7 Å². The SMILES string of the molecule is CC(N(C)c1nc2c(cc1CN)CCC2)C(C)(C)C. The van der Waals surface area contributed by atoms with Gasteiger partial charge in [-0.25, -0.2) is 4.98 Å². The van der Waals surface area contributed by atoms with Gasteiger partial charge in [0.1, 0.15) is 5.82 Å². The molecule has 0 bridgehead atoms. The predicted octanol–water partition coefficient (Wildman–Crippen LogP) is 2.90. The first kappa shape index (κ1) is 14.3. The van der Waals surface area contributed by atoms with Crippen molar-refractivity contribution in [3.63, 3.8) is 0 Å². The van der Waals surface area contributed by atoms with Crippen LogP contribution >= 0.6 is 0 Å². The molecular formula is C16H27N3. The van der Waals surface area contributed by atoms with Crippen molar-refractivity contribution in [1.82, 2.24) is 4.98 Å². The van der Waals surface area contributed by atoms with Gasteiger partial charge >= 0.3 is 0 Å². The standard InChI is InChI=1S/C16H27N3/c1-11(16(2,3)4)19(5)15-13(10-17)9-12-7-6-8-14(12)18-15/h9,11H,6-8,10,17H2,1-5H3. The Kier molecular flexibility index (Phi) is 3.86. The van der Waals surface area contributed by atoms with Gasteiger partial charge in [-0.3, -0.25) is 0 Å². The highest BCUT2D eigenvalue weighted by molar-refractivity contribution is 5.51. The Morgan fingerprint density at radius 3 is 2.63 bits per heavy atom. The molecule has 2 N–H and O–H groups in total. The largest absolute Gasteiger partial charge is 0.356 e. The maximum atomic E-state index is 5.93. The molecule has 2 rings (SSSR count). The summed E-state index contributed by atoms with van der Waals surface area (Å²) in [5.74, 6) is 1.07. The fraction of sp³-hybridized carbons (Fsp3) is 0.688. The molecule has 3 heteroatoms. The molecule has 1 aliphatic carbocycles. The number of pyridine rings is 1. The molecule has 0 fully saturated rings. The summed E-state index contributed by atoms with van der Waals surface area (Å²) in [5, 5.41) is 0.